The van der Waals surface area contributed by atoms with Crippen molar-refractivity contribution in [2.45, 2.75) is 25.4 Å². The molecule has 0 saturated carbocycles. The van der Waals surface area contributed by atoms with Crippen LogP contribution in [0.15, 0.2) is 47.5 Å². The number of aromatic nitrogens is 4. The Labute approximate surface area is 173 Å². The fourth-order valence-corrected chi connectivity index (χ4v) is 4.82. The third-order valence-electron chi connectivity index (χ3n) is 6.09. The molecule has 3 aromatic heterocycles. The molecule has 1 fully saturated rings. The third-order valence-corrected chi connectivity index (χ3v) is 6.09. The Morgan fingerprint density at radius 3 is 2.97 bits per heavy atom. The molecule has 3 aromatic rings. The largest absolute Gasteiger partial charge is 0.464 e. The average molecular weight is 405 g/mol. The van der Waals surface area contributed by atoms with Crippen molar-refractivity contribution < 1.29 is 9.53 Å². The van der Waals surface area contributed by atoms with Gasteiger partial charge in [0.05, 0.1) is 19.0 Å². The van der Waals surface area contributed by atoms with Crippen molar-refractivity contribution in [2.24, 2.45) is 5.92 Å². The molecule has 2 aliphatic rings. The molecule has 0 spiro atoms. The Morgan fingerprint density at radius 1 is 1.27 bits per heavy atom. The van der Waals surface area contributed by atoms with Crippen LogP contribution in [0.4, 0.5) is 0 Å². The van der Waals surface area contributed by atoms with E-state index in [4.69, 9.17) is 4.74 Å². The van der Waals surface area contributed by atoms with Crippen molar-refractivity contribution in [2.75, 3.05) is 20.2 Å². The fraction of sp³-hybridized carbons (Fsp3) is 0.364. The molecule has 0 aromatic carbocycles. The smallest absolute Gasteiger partial charge is 0.356 e. The average Bonchev–Trinajstić information content (AvgIpc) is 3.22. The first-order valence-electron chi connectivity index (χ1n) is 10.1. The quantitative estimate of drug-likeness (QED) is 0.668. The Morgan fingerprint density at radius 2 is 2.17 bits per heavy atom. The van der Waals surface area contributed by atoms with E-state index in [-0.39, 0.29) is 11.5 Å². The van der Waals surface area contributed by atoms with Gasteiger partial charge >= 0.3 is 5.97 Å². The van der Waals surface area contributed by atoms with Crippen LogP contribution in [0.2, 0.25) is 0 Å². The second kappa shape index (κ2) is 7.53. The number of hydrogen-bond acceptors (Lipinski definition) is 6. The normalized spacial score (nSPS) is 20.6. The van der Waals surface area contributed by atoms with Gasteiger partial charge in [-0.3, -0.25) is 19.8 Å². The van der Waals surface area contributed by atoms with E-state index in [1.165, 1.54) is 7.11 Å². The molecule has 1 N–H and O–H groups in total. The maximum Gasteiger partial charge on any atom is 0.356 e. The minimum Gasteiger partial charge on any atom is -0.464 e. The van der Waals surface area contributed by atoms with E-state index < -0.39 is 5.97 Å². The predicted molar refractivity (Wildman–Crippen MR) is 110 cm³/mol. The second-order valence-corrected chi connectivity index (χ2v) is 8.09. The summed E-state index contributed by atoms with van der Waals surface area (Å²) in [7, 11) is 1.37. The van der Waals surface area contributed by atoms with Crippen molar-refractivity contribution in [3.05, 3.63) is 70.0 Å². The van der Waals surface area contributed by atoms with E-state index in [0.717, 1.165) is 48.6 Å². The van der Waals surface area contributed by atoms with Gasteiger partial charge in [-0.1, -0.05) is 6.07 Å². The third kappa shape index (κ3) is 3.33. The van der Waals surface area contributed by atoms with E-state index in [2.05, 4.69) is 26.1 Å². The summed E-state index contributed by atoms with van der Waals surface area (Å²) in [5, 5.41) is 6.76. The summed E-state index contributed by atoms with van der Waals surface area (Å²) in [6.45, 7) is 3.06. The zero-order chi connectivity index (χ0) is 20.7. The highest BCUT2D eigenvalue weighted by Crippen LogP contribution is 2.37. The Kier molecular flexibility index (Phi) is 4.71. The van der Waals surface area contributed by atoms with Crippen LogP contribution < -0.4 is 5.56 Å². The van der Waals surface area contributed by atoms with Crippen LogP contribution >= 0.6 is 0 Å². The number of fused-ring (bicyclic) bond motifs is 4. The van der Waals surface area contributed by atoms with Gasteiger partial charge in [0, 0.05) is 61.2 Å². The van der Waals surface area contributed by atoms with Crippen LogP contribution in [-0.4, -0.2) is 50.8 Å². The highest BCUT2D eigenvalue weighted by molar-refractivity contribution is 5.88. The first-order valence-corrected chi connectivity index (χ1v) is 10.1. The summed E-state index contributed by atoms with van der Waals surface area (Å²) in [6, 6.07) is 9.54. The lowest BCUT2D eigenvalue weighted by Gasteiger charge is -2.43. The molecule has 0 amide bonds. The van der Waals surface area contributed by atoms with Gasteiger partial charge in [-0.15, -0.1) is 0 Å². The number of carbonyl (C=O) groups is 1. The van der Waals surface area contributed by atoms with Gasteiger partial charge < -0.3 is 9.30 Å². The number of carbonyl (C=O) groups excluding carboxylic acids is 1. The van der Waals surface area contributed by atoms with Gasteiger partial charge in [0.25, 0.3) is 5.56 Å². The van der Waals surface area contributed by atoms with E-state index >= 15 is 0 Å². The number of pyridine rings is 2. The maximum atomic E-state index is 12.8. The molecule has 0 aliphatic carbocycles. The molecule has 0 radical (unpaired) electrons. The van der Waals surface area contributed by atoms with Gasteiger partial charge in [0.15, 0.2) is 0 Å². The number of esters is 1. The second-order valence-electron chi connectivity index (χ2n) is 8.09. The summed E-state index contributed by atoms with van der Waals surface area (Å²) >= 11 is 0. The first kappa shape index (κ1) is 18.7. The Hall–Kier alpha value is -3.26. The molecule has 5 rings (SSSR count). The van der Waals surface area contributed by atoms with Crippen molar-refractivity contribution >= 4 is 5.97 Å². The number of aromatic amines is 1. The van der Waals surface area contributed by atoms with Crippen LogP contribution in [0, 0.1) is 5.92 Å². The number of methoxy groups -OCH3 is 1. The molecule has 8 heteroatoms. The molecule has 5 heterocycles. The van der Waals surface area contributed by atoms with Crippen LogP contribution in [-0.2, 0) is 17.8 Å². The molecule has 2 aliphatic heterocycles. The van der Waals surface area contributed by atoms with Crippen molar-refractivity contribution in [1.82, 2.24) is 24.6 Å². The van der Waals surface area contributed by atoms with Gasteiger partial charge in [0.1, 0.15) is 5.69 Å². The van der Waals surface area contributed by atoms with Crippen molar-refractivity contribution in [3.63, 3.8) is 0 Å². The SMILES string of the molecule is COC(=O)c1[nH]ncc1CN1C[C@@H]2C[C@H](C1)c1cc(-c3ccccn3)cc(=O)n1C2. The lowest BCUT2D eigenvalue weighted by atomic mass is 9.82. The standard InChI is InChI=1S/C22H23N5O3/c1-30-22(29)21-17(9-24-25-21)13-26-10-14-6-16(12-26)19-7-15(8-20(28)27(19)11-14)18-4-2-3-5-23-18/h2-5,7-9,14,16H,6,10-13H2,1H3,(H,24,25)/t14-,16+/m0/s1. The summed E-state index contributed by atoms with van der Waals surface area (Å²) < 4.78 is 6.77. The zero-order valence-corrected chi connectivity index (χ0v) is 16.7. The maximum absolute atomic E-state index is 12.8. The predicted octanol–water partition coefficient (Wildman–Crippen LogP) is 2.04. The number of hydrogen-bond donors (Lipinski definition) is 1. The fourth-order valence-electron chi connectivity index (χ4n) is 4.82. The topological polar surface area (TPSA) is 93.1 Å². The Bertz CT molecular complexity index is 1140. The molecular formula is C22H23N5O3. The highest BCUT2D eigenvalue weighted by atomic mass is 16.5. The molecule has 30 heavy (non-hydrogen) atoms. The molecule has 154 valence electrons. The molecule has 1 saturated heterocycles. The molecule has 0 unspecified atom stereocenters. The van der Waals surface area contributed by atoms with Gasteiger partial charge in [-0.2, -0.15) is 5.10 Å². The highest BCUT2D eigenvalue weighted by Gasteiger charge is 2.35. The number of rotatable bonds is 4. The Balaban J connectivity index is 1.43. The molecule has 2 atom stereocenters. The number of likely N-dealkylation sites (tertiary alicyclic amines) is 1. The molecular weight excluding hydrogens is 382 g/mol. The number of ether oxygens (including phenoxy) is 1. The van der Waals surface area contributed by atoms with Crippen LogP contribution in [0.1, 0.15) is 34.1 Å². The summed E-state index contributed by atoms with van der Waals surface area (Å²) in [5.41, 5.74) is 4.03. The van der Waals surface area contributed by atoms with E-state index in [9.17, 15) is 9.59 Å². The lowest BCUT2D eigenvalue weighted by molar-refractivity contribution is 0.0589. The lowest BCUT2D eigenvalue weighted by Crippen LogP contribution is -2.46. The minimum atomic E-state index is -0.406. The summed E-state index contributed by atoms with van der Waals surface area (Å²) in [4.78, 5) is 31.5. The zero-order valence-electron chi connectivity index (χ0n) is 16.7. The van der Waals surface area contributed by atoms with Crippen molar-refractivity contribution in [3.8, 4) is 11.3 Å². The van der Waals surface area contributed by atoms with E-state index in [0.29, 0.717) is 18.2 Å². The number of nitrogens with one attached hydrogen (secondary N) is 1. The van der Waals surface area contributed by atoms with Crippen molar-refractivity contribution in [1.29, 1.82) is 0 Å². The number of H-pyrrole nitrogens is 1. The summed E-state index contributed by atoms with van der Waals surface area (Å²) in [6.07, 6.45) is 4.50. The van der Waals surface area contributed by atoms with Gasteiger partial charge in [-0.05, 0) is 30.5 Å². The first-order chi connectivity index (χ1) is 14.6. The summed E-state index contributed by atoms with van der Waals surface area (Å²) in [5.74, 6) is 0.266. The van der Waals surface area contributed by atoms with E-state index in [1.807, 2.05) is 22.8 Å². The monoisotopic (exact) mass is 405 g/mol. The number of nitrogens with zero attached hydrogens (tertiary/aromatic N) is 4. The molecule has 2 bridgehead atoms. The van der Waals surface area contributed by atoms with Crippen LogP contribution in [0.25, 0.3) is 11.3 Å². The molecule has 8 nitrogen and oxygen atoms in total. The van der Waals surface area contributed by atoms with E-state index in [1.54, 1.807) is 18.5 Å². The minimum absolute atomic E-state index is 0.0408. The van der Waals surface area contributed by atoms with Crippen LogP contribution in [0.3, 0.4) is 0 Å². The van der Waals surface area contributed by atoms with Gasteiger partial charge in [0.2, 0.25) is 0 Å². The van der Waals surface area contributed by atoms with Crippen LogP contribution in [0.5, 0.6) is 0 Å². The van der Waals surface area contributed by atoms with Gasteiger partial charge in [-0.25, -0.2) is 4.79 Å². The number of piperidine rings is 1.